The summed E-state index contributed by atoms with van der Waals surface area (Å²) in [6.45, 7) is 2.89. The highest BCUT2D eigenvalue weighted by molar-refractivity contribution is 6.32. The number of nitrogens with zero attached hydrogens (tertiary/aromatic N) is 2. The first-order chi connectivity index (χ1) is 13.0. The van der Waals surface area contributed by atoms with Crippen LogP contribution in [0.15, 0.2) is 41.2 Å². The van der Waals surface area contributed by atoms with E-state index in [1.807, 2.05) is 18.2 Å². The van der Waals surface area contributed by atoms with Crippen molar-refractivity contribution in [3.05, 3.63) is 41.2 Å². The number of halogens is 1. The van der Waals surface area contributed by atoms with Gasteiger partial charge in [-0.05, 0) is 25.1 Å². The molecule has 0 aromatic heterocycles. The van der Waals surface area contributed by atoms with E-state index < -0.39 is 0 Å². The molecule has 2 rings (SSSR count). The Morgan fingerprint density at radius 1 is 1.33 bits per heavy atom. The Morgan fingerprint density at radius 3 is 2.67 bits per heavy atom. The van der Waals surface area contributed by atoms with Gasteiger partial charge in [-0.25, -0.2) is 9.79 Å². The molecule has 1 aliphatic heterocycles. The summed E-state index contributed by atoms with van der Waals surface area (Å²) in [5.41, 5.74) is 0. The van der Waals surface area contributed by atoms with Crippen LogP contribution in [-0.4, -0.2) is 49.3 Å². The van der Waals surface area contributed by atoms with E-state index in [2.05, 4.69) is 15.6 Å². The quantitative estimate of drug-likeness (QED) is 0.730. The van der Waals surface area contributed by atoms with E-state index in [1.54, 1.807) is 37.2 Å². The number of ether oxygens (including phenoxy) is 1. The van der Waals surface area contributed by atoms with Gasteiger partial charge < -0.3 is 15.0 Å². The first-order valence-corrected chi connectivity index (χ1v) is 9.27. The van der Waals surface area contributed by atoms with Crippen LogP contribution >= 0.6 is 11.6 Å². The van der Waals surface area contributed by atoms with Crippen LogP contribution in [0.5, 0.6) is 5.75 Å². The number of amides is 3. The molecule has 1 aromatic rings. The minimum absolute atomic E-state index is 0.0193. The Balaban J connectivity index is 1.86. The minimum Gasteiger partial charge on any atom is -0.489 e. The number of carbonyl (C=O) groups excluding carboxylic acids is 2. The summed E-state index contributed by atoms with van der Waals surface area (Å²) in [6.07, 6.45) is 4.76. The van der Waals surface area contributed by atoms with Crippen LogP contribution in [0.2, 0.25) is 5.02 Å². The SMILES string of the molecule is C/C=N\C(=C/CC(=O)NC)NC(=O)N1CCC(Oc2ccccc2Cl)CC1. The maximum atomic E-state index is 12.5. The number of aliphatic imine (C=N–C) groups is 1. The van der Waals surface area contributed by atoms with Crippen LogP contribution < -0.4 is 15.4 Å². The number of hydrogen-bond acceptors (Lipinski definition) is 4. The van der Waals surface area contributed by atoms with Gasteiger partial charge in [-0.3, -0.25) is 10.1 Å². The Bertz CT molecular complexity index is 713. The molecule has 0 atom stereocenters. The Hall–Kier alpha value is -2.54. The number of nitrogens with one attached hydrogen (secondary N) is 2. The van der Waals surface area contributed by atoms with Gasteiger partial charge in [-0.15, -0.1) is 0 Å². The van der Waals surface area contributed by atoms with Crippen molar-refractivity contribution in [3.63, 3.8) is 0 Å². The summed E-state index contributed by atoms with van der Waals surface area (Å²) in [4.78, 5) is 29.6. The fraction of sp³-hybridized carbons (Fsp3) is 0.421. The number of likely N-dealkylation sites (tertiary alicyclic amines) is 1. The second-order valence-electron chi connectivity index (χ2n) is 6.02. The summed E-state index contributed by atoms with van der Waals surface area (Å²) in [7, 11) is 1.56. The fourth-order valence-corrected chi connectivity index (χ4v) is 2.83. The summed E-state index contributed by atoms with van der Waals surface area (Å²) in [6, 6.07) is 7.13. The van der Waals surface area contributed by atoms with Crippen LogP contribution in [-0.2, 0) is 4.79 Å². The highest BCUT2D eigenvalue weighted by Crippen LogP contribution is 2.26. The zero-order valence-electron chi connectivity index (χ0n) is 15.6. The number of para-hydroxylation sites is 1. The van der Waals surface area contributed by atoms with Gasteiger partial charge in [0.15, 0.2) is 0 Å². The molecular weight excluding hydrogens is 368 g/mol. The van der Waals surface area contributed by atoms with Gasteiger partial charge in [0.1, 0.15) is 17.7 Å². The lowest BCUT2D eigenvalue weighted by molar-refractivity contribution is -0.119. The van der Waals surface area contributed by atoms with Crippen LogP contribution in [0, 0.1) is 0 Å². The average Bonchev–Trinajstić information content (AvgIpc) is 2.68. The molecule has 1 aliphatic rings. The van der Waals surface area contributed by atoms with Crippen molar-refractivity contribution in [2.75, 3.05) is 20.1 Å². The van der Waals surface area contributed by atoms with E-state index in [1.165, 1.54) is 0 Å². The molecule has 2 N–H and O–H groups in total. The molecule has 27 heavy (non-hydrogen) atoms. The number of benzene rings is 1. The summed E-state index contributed by atoms with van der Waals surface area (Å²) < 4.78 is 5.94. The van der Waals surface area contributed by atoms with E-state index in [-0.39, 0.29) is 24.5 Å². The monoisotopic (exact) mass is 392 g/mol. The minimum atomic E-state index is -0.236. The normalized spacial score (nSPS) is 15.7. The third kappa shape index (κ3) is 6.60. The molecule has 8 heteroatoms. The van der Waals surface area contributed by atoms with Crippen molar-refractivity contribution in [1.29, 1.82) is 0 Å². The van der Waals surface area contributed by atoms with Gasteiger partial charge in [0.25, 0.3) is 0 Å². The average molecular weight is 393 g/mol. The largest absolute Gasteiger partial charge is 0.489 e. The molecule has 1 aromatic carbocycles. The highest BCUT2D eigenvalue weighted by atomic mass is 35.5. The topological polar surface area (TPSA) is 83.0 Å². The summed E-state index contributed by atoms with van der Waals surface area (Å²) in [5.74, 6) is 0.880. The van der Waals surface area contributed by atoms with Gasteiger partial charge in [-0.2, -0.15) is 0 Å². The molecule has 146 valence electrons. The van der Waals surface area contributed by atoms with Crippen LogP contribution in [0.25, 0.3) is 0 Å². The standard InChI is InChI=1S/C19H25ClN4O3/c1-3-22-17(8-9-18(25)21-2)23-19(26)24-12-10-14(11-13-24)27-16-7-5-4-6-15(16)20/h3-8,14H,9-13H2,1-2H3,(H,21,25)(H,23,26)/b17-8+,22-3-. The van der Waals surface area contributed by atoms with E-state index in [0.717, 1.165) is 0 Å². The molecule has 1 fully saturated rings. The predicted octanol–water partition coefficient (Wildman–Crippen LogP) is 2.96. The molecule has 0 aliphatic carbocycles. The zero-order chi connectivity index (χ0) is 19.6. The van der Waals surface area contributed by atoms with Gasteiger partial charge in [0.2, 0.25) is 5.91 Å². The summed E-state index contributed by atoms with van der Waals surface area (Å²) >= 11 is 6.12. The van der Waals surface area contributed by atoms with Gasteiger partial charge in [0, 0.05) is 45.6 Å². The number of carbonyl (C=O) groups is 2. The maximum Gasteiger partial charge on any atom is 0.323 e. The Labute approximate surface area is 164 Å². The molecule has 1 heterocycles. The van der Waals surface area contributed by atoms with Crippen molar-refractivity contribution >= 4 is 29.8 Å². The molecule has 0 saturated carbocycles. The second kappa shape index (κ2) is 10.6. The summed E-state index contributed by atoms with van der Waals surface area (Å²) in [5, 5.41) is 5.86. The number of rotatable bonds is 6. The lowest BCUT2D eigenvalue weighted by Gasteiger charge is -2.32. The van der Waals surface area contributed by atoms with Gasteiger partial charge in [0.05, 0.1) is 5.02 Å². The lowest BCUT2D eigenvalue weighted by atomic mass is 10.1. The molecule has 1 saturated heterocycles. The van der Waals surface area contributed by atoms with Crippen LogP contribution in [0.4, 0.5) is 4.79 Å². The van der Waals surface area contributed by atoms with Crippen molar-refractivity contribution < 1.29 is 14.3 Å². The van der Waals surface area contributed by atoms with Crippen molar-refractivity contribution in [2.24, 2.45) is 4.99 Å². The third-order valence-corrected chi connectivity index (χ3v) is 4.43. The Morgan fingerprint density at radius 2 is 2.04 bits per heavy atom. The molecule has 0 bridgehead atoms. The van der Waals surface area contributed by atoms with E-state index in [0.29, 0.717) is 42.5 Å². The van der Waals surface area contributed by atoms with Crippen molar-refractivity contribution in [2.45, 2.75) is 32.3 Å². The van der Waals surface area contributed by atoms with Crippen molar-refractivity contribution in [1.82, 2.24) is 15.5 Å². The third-order valence-electron chi connectivity index (χ3n) is 4.12. The predicted molar refractivity (Wildman–Crippen MR) is 106 cm³/mol. The van der Waals surface area contributed by atoms with Crippen LogP contribution in [0.1, 0.15) is 26.2 Å². The van der Waals surface area contributed by atoms with E-state index in [4.69, 9.17) is 16.3 Å². The van der Waals surface area contributed by atoms with Gasteiger partial charge >= 0.3 is 6.03 Å². The zero-order valence-corrected chi connectivity index (χ0v) is 16.3. The number of hydrogen-bond donors (Lipinski definition) is 2. The molecular formula is C19H25ClN4O3. The molecule has 0 radical (unpaired) electrons. The molecule has 3 amide bonds. The first-order valence-electron chi connectivity index (χ1n) is 8.90. The molecule has 0 spiro atoms. The highest BCUT2D eigenvalue weighted by Gasteiger charge is 2.24. The van der Waals surface area contributed by atoms with Crippen LogP contribution in [0.3, 0.4) is 0 Å². The van der Waals surface area contributed by atoms with E-state index in [9.17, 15) is 9.59 Å². The fourth-order valence-electron chi connectivity index (χ4n) is 2.65. The number of urea groups is 1. The Kier molecular flexibility index (Phi) is 8.13. The smallest absolute Gasteiger partial charge is 0.323 e. The molecule has 0 unspecified atom stereocenters. The van der Waals surface area contributed by atoms with Crippen molar-refractivity contribution in [3.8, 4) is 5.75 Å². The number of piperidine rings is 1. The maximum absolute atomic E-state index is 12.5. The lowest BCUT2D eigenvalue weighted by Crippen LogP contribution is -2.46. The van der Waals surface area contributed by atoms with E-state index >= 15 is 0 Å². The van der Waals surface area contributed by atoms with Gasteiger partial charge in [-0.1, -0.05) is 23.7 Å². The molecule has 7 nitrogen and oxygen atoms in total. The first kappa shape index (κ1) is 20.8. The second-order valence-corrected chi connectivity index (χ2v) is 6.43.